The first-order valence-corrected chi connectivity index (χ1v) is 22.9. The van der Waals surface area contributed by atoms with E-state index in [1.165, 1.54) is 54.3 Å². The zero-order chi connectivity index (χ0) is 44.0. The molecule has 0 fully saturated rings. The molecule has 312 valence electrons. The monoisotopic (exact) mass is 858 g/mol. The number of nitro benzene ring substituents is 1. The molecule has 0 radical (unpaired) electrons. The fraction of sp³-hybridized carbons (Fsp3) is 0. The molecular formula is C58H43N4O2P. The van der Waals surface area contributed by atoms with Crippen molar-refractivity contribution in [2.45, 2.75) is 0 Å². The minimum absolute atomic E-state index is 0.123. The maximum atomic E-state index is 11.4. The van der Waals surface area contributed by atoms with Crippen LogP contribution in [0.15, 0.2) is 255 Å². The Labute approximate surface area is 378 Å². The molecule has 0 atom stereocenters. The van der Waals surface area contributed by atoms with Crippen molar-refractivity contribution in [3.63, 3.8) is 0 Å². The molecule has 3 aromatic heterocycles. The van der Waals surface area contributed by atoms with Crippen LogP contribution < -0.4 is 15.9 Å². The second kappa shape index (κ2) is 18.6. The van der Waals surface area contributed by atoms with Gasteiger partial charge < -0.3 is 14.1 Å². The normalized spacial score (nSPS) is 11.0. The Morgan fingerprint density at radius 3 is 1.42 bits per heavy atom. The molecular weight excluding hydrogens is 816 g/mol. The maximum absolute atomic E-state index is 11.4. The van der Waals surface area contributed by atoms with Crippen LogP contribution in [-0.4, -0.2) is 19.0 Å². The Morgan fingerprint density at radius 1 is 0.385 bits per heavy atom. The van der Waals surface area contributed by atoms with Crippen molar-refractivity contribution in [2.75, 3.05) is 0 Å². The van der Waals surface area contributed by atoms with E-state index in [1.807, 2.05) is 72.9 Å². The van der Waals surface area contributed by atoms with E-state index in [1.54, 1.807) is 18.2 Å². The highest BCUT2D eigenvalue weighted by molar-refractivity contribution is 7.79. The molecule has 0 unspecified atom stereocenters. The summed E-state index contributed by atoms with van der Waals surface area (Å²) in [5.74, 6) is 0. The average Bonchev–Trinajstić information content (AvgIpc) is 4.12. The summed E-state index contributed by atoms with van der Waals surface area (Å²) >= 11 is 0. The first-order valence-electron chi connectivity index (χ1n) is 21.5. The highest BCUT2D eigenvalue weighted by Crippen LogP contribution is 2.37. The Hall–Kier alpha value is -8.31. The van der Waals surface area contributed by atoms with Crippen molar-refractivity contribution in [3.05, 3.63) is 265 Å². The number of aromatic amines is 1. The van der Waals surface area contributed by atoms with E-state index in [9.17, 15) is 10.1 Å². The summed E-state index contributed by atoms with van der Waals surface area (Å²) in [4.78, 5) is 14.5. The van der Waals surface area contributed by atoms with Crippen LogP contribution in [-0.2, 0) is 0 Å². The topological polar surface area (TPSA) is 68.8 Å². The van der Waals surface area contributed by atoms with Crippen LogP contribution in [0.4, 0.5) is 5.69 Å². The zero-order valence-electron chi connectivity index (χ0n) is 35.4. The fourth-order valence-corrected chi connectivity index (χ4v) is 10.9. The summed E-state index contributed by atoms with van der Waals surface area (Å²) < 4.78 is 4.34. The highest BCUT2D eigenvalue weighted by Gasteiger charge is 2.18. The molecule has 0 aliphatic heterocycles. The number of fused-ring (bicyclic) bond motifs is 6. The molecule has 1 N–H and O–H groups in total. The third kappa shape index (κ3) is 8.35. The Bertz CT molecular complexity index is 3420. The lowest BCUT2D eigenvalue weighted by atomic mass is 10.00. The number of nitrogens with one attached hydrogen (secondary N) is 1. The van der Waals surface area contributed by atoms with Crippen LogP contribution in [0, 0.1) is 10.1 Å². The van der Waals surface area contributed by atoms with Gasteiger partial charge in [-0.05, 0) is 96.1 Å². The molecule has 65 heavy (non-hydrogen) atoms. The van der Waals surface area contributed by atoms with Crippen molar-refractivity contribution >= 4 is 73.1 Å². The minimum Gasteiger partial charge on any atom is -0.354 e. The van der Waals surface area contributed by atoms with Crippen molar-refractivity contribution in [3.8, 4) is 22.5 Å². The summed E-state index contributed by atoms with van der Waals surface area (Å²) in [6.07, 6.45) is 4.15. The standard InChI is InChI=1S/C20H14N2O2.C20H14N2.C18H15P/c23-22(24)20-11-5-4-9-17(20)16-10-6-12-19-18(16)13-14-21(19)15-7-2-1-3-8-15;1-2-6-14(7-3-1)22-13-12-16-19(22)11-10-18-20(16)15-8-4-5-9-17(15)21-18;1-4-10-16(11-5-1)19(17-12-6-2-7-13-17)18-14-8-3-9-15-18/h1-14H;1-13,21H;1-15H. The predicted molar refractivity (Wildman–Crippen MR) is 273 cm³/mol. The molecule has 0 bridgehead atoms. The second-order valence-corrected chi connectivity index (χ2v) is 17.7. The smallest absolute Gasteiger partial charge is 0.277 e. The van der Waals surface area contributed by atoms with E-state index < -0.39 is 7.92 Å². The number of nitro groups is 1. The number of benzene rings is 9. The van der Waals surface area contributed by atoms with Crippen LogP contribution in [0.1, 0.15) is 0 Å². The van der Waals surface area contributed by atoms with Gasteiger partial charge in [0.2, 0.25) is 0 Å². The van der Waals surface area contributed by atoms with Gasteiger partial charge >= 0.3 is 0 Å². The Kier molecular flexibility index (Phi) is 11.6. The molecule has 12 rings (SSSR count). The van der Waals surface area contributed by atoms with Gasteiger partial charge in [0.25, 0.3) is 5.69 Å². The summed E-state index contributed by atoms with van der Waals surface area (Å²) in [6.45, 7) is 0. The average molecular weight is 859 g/mol. The largest absolute Gasteiger partial charge is 0.354 e. The number of H-pyrrole nitrogens is 1. The number of nitrogens with zero attached hydrogens (tertiary/aromatic N) is 3. The number of aromatic nitrogens is 3. The van der Waals surface area contributed by atoms with E-state index in [-0.39, 0.29) is 10.6 Å². The lowest BCUT2D eigenvalue weighted by Crippen LogP contribution is -2.20. The van der Waals surface area contributed by atoms with Crippen molar-refractivity contribution in [1.82, 2.24) is 14.1 Å². The van der Waals surface area contributed by atoms with E-state index in [0.717, 1.165) is 22.2 Å². The van der Waals surface area contributed by atoms with Gasteiger partial charge in [0.05, 0.1) is 21.5 Å². The molecule has 0 saturated carbocycles. The molecule has 0 aliphatic rings. The van der Waals surface area contributed by atoms with Crippen LogP contribution >= 0.6 is 7.92 Å². The molecule has 0 saturated heterocycles. The number of para-hydroxylation sites is 4. The molecule has 0 amide bonds. The van der Waals surface area contributed by atoms with Gasteiger partial charge in [0.15, 0.2) is 0 Å². The summed E-state index contributed by atoms with van der Waals surface area (Å²) in [5.41, 5.74) is 8.53. The van der Waals surface area contributed by atoms with E-state index >= 15 is 0 Å². The van der Waals surface area contributed by atoms with Crippen LogP contribution in [0.25, 0.3) is 66.1 Å². The van der Waals surface area contributed by atoms with Gasteiger partial charge in [-0.25, -0.2) is 0 Å². The van der Waals surface area contributed by atoms with Gasteiger partial charge in [-0.2, -0.15) is 0 Å². The van der Waals surface area contributed by atoms with Crippen molar-refractivity contribution < 1.29 is 4.92 Å². The SMILES string of the molecule is O=[N+]([O-])c1ccccc1-c1cccc2c1ccn2-c1ccccc1.c1ccc(-n2ccc3c4c(ccc32)[nH]c2ccccc24)cc1.c1ccc(P(c2ccccc2)c2ccccc2)cc1. The highest BCUT2D eigenvalue weighted by atomic mass is 31.1. The van der Waals surface area contributed by atoms with Crippen LogP contribution in [0.2, 0.25) is 0 Å². The molecule has 6 nitrogen and oxygen atoms in total. The van der Waals surface area contributed by atoms with Gasteiger partial charge in [-0.15, -0.1) is 0 Å². The first-order chi connectivity index (χ1) is 32.1. The lowest BCUT2D eigenvalue weighted by molar-refractivity contribution is -0.384. The minimum atomic E-state index is -0.446. The van der Waals surface area contributed by atoms with Gasteiger partial charge in [0, 0.05) is 62.4 Å². The Morgan fingerprint density at radius 2 is 0.846 bits per heavy atom. The quantitative estimate of drug-likeness (QED) is 0.0985. The summed E-state index contributed by atoms with van der Waals surface area (Å²) in [7, 11) is -0.446. The van der Waals surface area contributed by atoms with Crippen LogP contribution in [0.3, 0.4) is 0 Å². The van der Waals surface area contributed by atoms with E-state index in [0.29, 0.717) is 5.56 Å². The molecule has 7 heteroatoms. The first kappa shape index (κ1) is 40.7. The van der Waals surface area contributed by atoms with Gasteiger partial charge in [-0.3, -0.25) is 10.1 Å². The number of rotatable bonds is 7. The third-order valence-corrected chi connectivity index (χ3v) is 14.0. The van der Waals surface area contributed by atoms with Gasteiger partial charge in [0.1, 0.15) is 0 Å². The second-order valence-electron chi connectivity index (χ2n) is 15.5. The molecule has 0 aliphatic carbocycles. The Balaban J connectivity index is 0.000000116. The van der Waals surface area contributed by atoms with Crippen LogP contribution in [0.5, 0.6) is 0 Å². The summed E-state index contributed by atoms with van der Waals surface area (Å²) in [6, 6.07) is 82.7. The molecule has 12 aromatic rings. The number of hydrogen-bond acceptors (Lipinski definition) is 2. The van der Waals surface area contributed by atoms with Crippen molar-refractivity contribution in [1.29, 1.82) is 0 Å². The number of hydrogen-bond donors (Lipinski definition) is 1. The summed E-state index contributed by atoms with van der Waals surface area (Å²) in [5, 5.41) is 20.4. The molecule has 0 spiro atoms. The molecule has 3 heterocycles. The fourth-order valence-electron chi connectivity index (χ4n) is 8.64. The zero-order valence-corrected chi connectivity index (χ0v) is 36.2. The third-order valence-electron chi connectivity index (χ3n) is 11.6. The van der Waals surface area contributed by atoms with Crippen molar-refractivity contribution in [2.24, 2.45) is 0 Å². The molecule has 9 aromatic carbocycles. The lowest BCUT2D eigenvalue weighted by Gasteiger charge is -2.18. The van der Waals surface area contributed by atoms with Gasteiger partial charge in [-0.1, -0.05) is 170 Å². The maximum Gasteiger partial charge on any atom is 0.277 e. The van der Waals surface area contributed by atoms with E-state index in [4.69, 9.17) is 0 Å². The predicted octanol–water partition coefficient (Wildman–Crippen LogP) is 13.9. The van der Waals surface area contributed by atoms with E-state index in [2.05, 4.69) is 178 Å².